The number of hydrogen-bond donors (Lipinski definition) is 0. The first-order valence-corrected chi connectivity index (χ1v) is 6.66. The van der Waals surface area contributed by atoms with E-state index in [1.807, 2.05) is 0 Å². The fourth-order valence-corrected chi connectivity index (χ4v) is 2.90. The number of piperidine rings is 1. The summed E-state index contributed by atoms with van der Waals surface area (Å²) in [7, 11) is 2.12. The number of nitrogens with zero attached hydrogens (tertiary/aromatic N) is 3. The number of likely N-dealkylation sites (tertiary alicyclic amines) is 1. The lowest BCUT2D eigenvalue weighted by Crippen LogP contribution is -2.54. The molecule has 2 aliphatic heterocycles. The summed E-state index contributed by atoms with van der Waals surface area (Å²) in [6, 6.07) is 0.578. The molecule has 18 heavy (non-hydrogen) atoms. The molecule has 0 N–H and O–H groups in total. The summed E-state index contributed by atoms with van der Waals surface area (Å²) in [6.07, 6.45) is -1.76. The Hall–Kier alpha value is -0.330. The second-order valence-corrected chi connectivity index (χ2v) is 5.46. The van der Waals surface area contributed by atoms with Crippen molar-refractivity contribution < 1.29 is 13.2 Å². The van der Waals surface area contributed by atoms with Crippen LogP contribution in [0.2, 0.25) is 0 Å². The smallest absolute Gasteiger partial charge is 0.306 e. The topological polar surface area (TPSA) is 9.72 Å². The highest BCUT2D eigenvalue weighted by atomic mass is 19.4. The van der Waals surface area contributed by atoms with Crippen LogP contribution in [0.15, 0.2) is 0 Å². The van der Waals surface area contributed by atoms with Crippen molar-refractivity contribution in [1.82, 2.24) is 14.7 Å². The van der Waals surface area contributed by atoms with Gasteiger partial charge in [0.2, 0.25) is 0 Å². The molecule has 0 atom stereocenters. The Labute approximate surface area is 107 Å². The minimum absolute atomic E-state index is 0.547. The van der Waals surface area contributed by atoms with E-state index >= 15 is 0 Å². The lowest BCUT2D eigenvalue weighted by molar-refractivity contribution is -0.150. The van der Waals surface area contributed by atoms with Crippen LogP contribution in [-0.2, 0) is 0 Å². The average molecular weight is 265 g/mol. The van der Waals surface area contributed by atoms with Gasteiger partial charge in [0.1, 0.15) is 0 Å². The minimum atomic E-state index is -4.06. The van der Waals surface area contributed by atoms with E-state index in [1.54, 1.807) is 0 Å². The number of hydrogen-bond acceptors (Lipinski definition) is 3. The van der Waals surface area contributed by atoms with Crippen LogP contribution in [0.4, 0.5) is 13.2 Å². The lowest BCUT2D eigenvalue weighted by Gasteiger charge is -2.42. The first-order chi connectivity index (χ1) is 8.44. The molecule has 6 heteroatoms. The number of rotatable bonds is 2. The summed E-state index contributed by atoms with van der Waals surface area (Å²) in [6.45, 7) is 4.11. The van der Waals surface area contributed by atoms with E-state index in [1.165, 1.54) is 4.90 Å². The maximum Gasteiger partial charge on any atom is 0.401 e. The molecular weight excluding hydrogens is 243 g/mol. The average Bonchev–Trinajstić information content (AvgIpc) is 2.29. The molecule has 2 saturated heterocycles. The van der Waals surface area contributed by atoms with E-state index in [9.17, 15) is 13.2 Å². The van der Waals surface area contributed by atoms with Crippen LogP contribution >= 0.6 is 0 Å². The van der Waals surface area contributed by atoms with Gasteiger partial charge in [-0.15, -0.1) is 0 Å². The van der Waals surface area contributed by atoms with Gasteiger partial charge in [-0.25, -0.2) is 0 Å². The molecule has 2 fully saturated rings. The Balaban J connectivity index is 1.73. The molecular formula is C12H22F3N3. The van der Waals surface area contributed by atoms with Gasteiger partial charge < -0.3 is 4.90 Å². The zero-order valence-corrected chi connectivity index (χ0v) is 10.9. The number of halogens is 3. The largest absolute Gasteiger partial charge is 0.401 e. The van der Waals surface area contributed by atoms with Crippen molar-refractivity contribution >= 4 is 0 Å². The van der Waals surface area contributed by atoms with Gasteiger partial charge in [0.25, 0.3) is 0 Å². The maximum absolute atomic E-state index is 12.3. The van der Waals surface area contributed by atoms with Gasteiger partial charge in [0, 0.05) is 32.2 Å². The third-order valence-corrected chi connectivity index (χ3v) is 4.01. The molecule has 0 aliphatic carbocycles. The second kappa shape index (κ2) is 5.75. The van der Waals surface area contributed by atoms with E-state index in [0.717, 1.165) is 39.0 Å². The molecule has 3 nitrogen and oxygen atoms in total. The lowest BCUT2D eigenvalue weighted by atomic mass is 10.0. The van der Waals surface area contributed by atoms with Crippen molar-refractivity contribution in [3.8, 4) is 0 Å². The molecule has 106 valence electrons. The highest BCUT2D eigenvalue weighted by molar-refractivity contribution is 4.83. The van der Waals surface area contributed by atoms with Crippen molar-refractivity contribution in [3.63, 3.8) is 0 Å². The molecule has 0 spiro atoms. The van der Waals surface area contributed by atoms with Crippen LogP contribution in [-0.4, -0.2) is 79.8 Å². The van der Waals surface area contributed by atoms with E-state index < -0.39 is 12.7 Å². The molecule has 0 aromatic carbocycles. The Kier molecular flexibility index (Phi) is 4.50. The fraction of sp³-hybridized carbons (Fsp3) is 1.00. The van der Waals surface area contributed by atoms with Crippen molar-refractivity contribution in [2.75, 3.05) is 52.9 Å². The predicted molar refractivity (Wildman–Crippen MR) is 64.6 cm³/mol. The van der Waals surface area contributed by atoms with Gasteiger partial charge in [-0.05, 0) is 33.0 Å². The summed E-state index contributed by atoms with van der Waals surface area (Å²) >= 11 is 0. The SMILES string of the molecule is CN1CCC(N2CCN(CC(F)(F)F)CC2)CC1. The third kappa shape index (κ3) is 4.10. The Morgan fingerprint density at radius 1 is 0.944 bits per heavy atom. The van der Waals surface area contributed by atoms with E-state index in [-0.39, 0.29) is 0 Å². The van der Waals surface area contributed by atoms with Gasteiger partial charge in [-0.3, -0.25) is 9.80 Å². The monoisotopic (exact) mass is 265 g/mol. The Morgan fingerprint density at radius 2 is 1.50 bits per heavy atom. The van der Waals surface area contributed by atoms with Crippen molar-refractivity contribution in [1.29, 1.82) is 0 Å². The van der Waals surface area contributed by atoms with E-state index in [2.05, 4.69) is 16.8 Å². The van der Waals surface area contributed by atoms with Crippen molar-refractivity contribution in [2.45, 2.75) is 25.1 Å². The van der Waals surface area contributed by atoms with Crippen molar-refractivity contribution in [3.05, 3.63) is 0 Å². The standard InChI is InChI=1S/C12H22F3N3/c1-16-4-2-11(3-5-16)18-8-6-17(7-9-18)10-12(13,14)15/h11H,2-10H2,1H3. The summed E-state index contributed by atoms with van der Waals surface area (Å²) in [4.78, 5) is 6.21. The Morgan fingerprint density at radius 3 is 2.00 bits per heavy atom. The highest BCUT2D eigenvalue weighted by Gasteiger charge is 2.33. The molecule has 0 aromatic rings. The molecule has 0 aromatic heterocycles. The Bertz CT molecular complexity index is 254. The first-order valence-electron chi connectivity index (χ1n) is 6.66. The van der Waals surface area contributed by atoms with Crippen LogP contribution in [0.1, 0.15) is 12.8 Å². The molecule has 0 unspecified atom stereocenters. The second-order valence-electron chi connectivity index (χ2n) is 5.46. The summed E-state index contributed by atoms with van der Waals surface area (Å²) in [5.41, 5.74) is 0. The van der Waals surface area contributed by atoms with Gasteiger partial charge in [-0.1, -0.05) is 0 Å². The molecule has 0 radical (unpaired) electrons. The zero-order valence-electron chi connectivity index (χ0n) is 10.9. The normalized spacial score (nSPS) is 26.7. The van der Waals surface area contributed by atoms with Crippen molar-refractivity contribution in [2.24, 2.45) is 0 Å². The third-order valence-electron chi connectivity index (χ3n) is 4.01. The van der Waals surface area contributed by atoms with Crippen LogP contribution in [0.5, 0.6) is 0 Å². The minimum Gasteiger partial charge on any atom is -0.306 e. The van der Waals surface area contributed by atoms with Gasteiger partial charge in [0.05, 0.1) is 6.54 Å². The van der Waals surface area contributed by atoms with E-state index in [4.69, 9.17) is 0 Å². The van der Waals surface area contributed by atoms with Gasteiger partial charge in [0.15, 0.2) is 0 Å². The molecule has 0 bridgehead atoms. The molecule has 2 heterocycles. The summed E-state index contributed by atoms with van der Waals surface area (Å²) in [5, 5.41) is 0. The molecule has 0 saturated carbocycles. The number of alkyl halides is 3. The summed E-state index contributed by atoms with van der Waals surface area (Å²) in [5.74, 6) is 0. The van der Waals surface area contributed by atoms with Crippen LogP contribution in [0.3, 0.4) is 0 Å². The van der Waals surface area contributed by atoms with Crippen LogP contribution < -0.4 is 0 Å². The first kappa shape index (κ1) is 14.1. The fourth-order valence-electron chi connectivity index (χ4n) is 2.90. The van der Waals surface area contributed by atoms with Crippen LogP contribution in [0.25, 0.3) is 0 Å². The summed E-state index contributed by atoms with van der Waals surface area (Å²) < 4.78 is 36.8. The number of piperazine rings is 1. The van der Waals surface area contributed by atoms with E-state index in [0.29, 0.717) is 19.1 Å². The highest BCUT2D eigenvalue weighted by Crippen LogP contribution is 2.20. The van der Waals surface area contributed by atoms with Gasteiger partial charge in [-0.2, -0.15) is 13.2 Å². The molecule has 2 aliphatic rings. The molecule has 2 rings (SSSR count). The zero-order chi connectivity index (χ0) is 13.2. The maximum atomic E-state index is 12.3. The van der Waals surface area contributed by atoms with Crippen LogP contribution in [0, 0.1) is 0 Å². The quantitative estimate of drug-likeness (QED) is 0.744. The predicted octanol–water partition coefficient (Wildman–Crippen LogP) is 1.26. The molecule has 0 amide bonds. The van der Waals surface area contributed by atoms with Gasteiger partial charge >= 0.3 is 6.18 Å².